The minimum atomic E-state index is -0.524. The molecule has 5 heterocycles. The van der Waals surface area contributed by atoms with Crippen LogP contribution in [0.25, 0.3) is 11.2 Å². The zero-order valence-corrected chi connectivity index (χ0v) is 19.1. The smallest absolute Gasteiger partial charge is 0.280 e. The molecular weight excluding hydrogens is 451 g/mol. The van der Waals surface area contributed by atoms with Crippen molar-refractivity contribution >= 4 is 28.6 Å². The molecule has 0 amide bonds. The molecule has 0 bridgehead atoms. The summed E-state index contributed by atoms with van der Waals surface area (Å²) in [4.78, 5) is 31.7. The van der Waals surface area contributed by atoms with Gasteiger partial charge in [-0.15, -0.1) is 0 Å². The summed E-state index contributed by atoms with van der Waals surface area (Å²) in [6.45, 7) is 5.69. The zero-order valence-electron chi connectivity index (χ0n) is 18.3. The molecule has 4 aromatic heterocycles. The molecule has 1 aliphatic heterocycles. The molecule has 1 saturated carbocycles. The van der Waals surface area contributed by atoms with Crippen molar-refractivity contribution in [2.45, 2.75) is 26.3 Å². The second-order valence-electron chi connectivity index (χ2n) is 7.97. The van der Waals surface area contributed by atoms with Crippen LogP contribution in [0.3, 0.4) is 0 Å². The van der Waals surface area contributed by atoms with Crippen molar-refractivity contribution in [1.29, 1.82) is 0 Å². The molecule has 2 atom stereocenters. The second-order valence-corrected chi connectivity index (χ2v) is 8.37. The van der Waals surface area contributed by atoms with Gasteiger partial charge in [0.05, 0.1) is 17.5 Å². The minimum Gasteiger partial charge on any atom is -0.356 e. The van der Waals surface area contributed by atoms with Gasteiger partial charge in [0.1, 0.15) is 18.7 Å². The summed E-state index contributed by atoms with van der Waals surface area (Å²) in [6, 6.07) is 1.55. The maximum absolute atomic E-state index is 13.3. The molecule has 0 spiro atoms. The van der Waals surface area contributed by atoms with Crippen LogP contribution in [-0.4, -0.2) is 47.3 Å². The van der Waals surface area contributed by atoms with E-state index in [1.54, 1.807) is 24.0 Å². The largest absolute Gasteiger partial charge is 0.356 e. The average molecular weight is 473 g/mol. The van der Waals surface area contributed by atoms with E-state index in [4.69, 9.17) is 16.1 Å². The number of imidazole rings is 1. The number of hydrogen-bond acceptors (Lipinski definition) is 8. The fourth-order valence-electron chi connectivity index (χ4n) is 4.47. The van der Waals surface area contributed by atoms with Gasteiger partial charge < -0.3 is 14.0 Å². The molecule has 2 unspecified atom stereocenters. The minimum absolute atomic E-state index is 0.0685. The number of aryl methyl sites for hydroxylation is 1. The van der Waals surface area contributed by atoms with E-state index in [0.29, 0.717) is 40.5 Å². The fraction of sp³-hybridized carbons (Fsp3) is 0.429. The predicted octanol–water partition coefficient (Wildman–Crippen LogP) is 2.62. The van der Waals surface area contributed by atoms with Gasteiger partial charge in [-0.2, -0.15) is 4.98 Å². The third-order valence-electron chi connectivity index (χ3n) is 6.10. The van der Waals surface area contributed by atoms with Gasteiger partial charge in [0.25, 0.3) is 5.56 Å². The van der Waals surface area contributed by atoms with Crippen molar-refractivity contribution in [3.8, 4) is 0 Å². The first-order valence-electron chi connectivity index (χ1n) is 10.7. The van der Waals surface area contributed by atoms with Gasteiger partial charge in [-0.25, -0.2) is 19.3 Å². The Balaban J connectivity index is 0.00000111. The second kappa shape index (κ2) is 8.22. The summed E-state index contributed by atoms with van der Waals surface area (Å²) in [6.07, 6.45) is 4.13. The molecule has 2 fully saturated rings. The molecule has 2 aliphatic rings. The fourth-order valence-corrected chi connectivity index (χ4v) is 4.62. The lowest BCUT2D eigenvalue weighted by Gasteiger charge is -2.20. The number of hydrogen-bond donors (Lipinski definition) is 0. The molecule has 1 aliphatic carbocycles. The van der Waals surface area contributed by atoms with Crippen molar-refractivity contribution in [1.82, 2.24) is 34.2 Å². The van der Waals surface area contributed by atoms with Gasteiger partial charge in [0.2, 0.25) is 5.89 Å². The molecule has 33 heavy (non-hydrogen) atoms. The van der Waals surface area contributed by atoms with Crippen LogP contribution in [0.2, 0.25) is 5.02 Å². The van der Waals surface area contributed by atoms with Crippen LogP contribution in [0.15, 0.2) is 34.2 Å². The number of nitrogens with zero attached hydrogens (tertiary/aromatic N) is 8. The Kier molecular flexibility index (Phi) is 5.35. The number of aromatic nitrogens is 7. The van der Waals surface area contributed by atoms with E-state index in [0.717, 1.165) is 19.3 Å². The number of anilines is 1. The highest BCUT2D eigenvalue weighted by Crippen LogP contribution is 2.57. The highest BCUT2D eigenvalue weighted by molar-refractivity contribution is 6.30. The maximum atomic E-state index is 13.3. The third-order valence-corrected chi connectivity index (χ3v) is 6.39. The number of piperidine rings is 1. The van der Waals surface area contributed by atoms with E-state index in [-0.39, 0.29) is 23.0 Å². The lowest BCUT2D eigenvalue weighted by molar-refractivity contribution is 0.363. The van der Waals surface area contributed by atoms with Crippen LogP contribution in [0.5, 0.6) is 0 Å². The Morgan fingerprint density at radius 3 is 2.64 bits per heavy atom. The van der Waals surface area contributed by atoms with Gasteiger partial charge >= 0.3 is 0 Å². The van der Waals surface area contributed by atoms with Crippen molar-refractivity contribution in [2.75, 3.05) is 18.0 Å². The normalized spacial score (nSPS) is 21.1. The quantitative estimate of drug-likeness (QED) is 0.446. The molecule has 4 aromatic rings. The molecule has 0 radical (unpaired) electrons. The Morgan fingerprint density at radius 1 is 1.18 bits per heavy atom. The van der Waals surface area contributed by atoms with Crippen molar-refractivity contribution < 1.29 is 8.91 Å². The van der Waals surface area contributed by atoms with Crippen molar-refractivity contribution in [3.05, 3.63) is 57.8 Å². The molecule has 0 aromatic carbocycles. The molecule has 172 valence electrons. The molecular formula is C21H22ClFN8O2. The van der Waals surface area contributed by atoms with Gasteiger partial charge in [-0.1, -0.05) is 30.6 Å². The Bertz CT molecular complexity index is 1370. The Morgan fingerprint density at radius 2 is 1.91 bits per heavy atom. The van der Waals surface area contributed by atoms with Crippen LogP contribution in [0.4, 0.5) is 10.2 Å². The summed E-state index contributed by atoms with van der Waals surface area (Å²) < 4.78 is 21.8. The molecule has 1 saturated heterocycles. The van der Waals surface area contributed by atoms with E-state index in [1.807, 2.05) is 13.8 Å². The summed E-state index contributed by atoms with van der Waals surface area (Å²) in [5, 5.41) is 4.20. The zero-order chi connectivity index (χ0) is 23.3. The highest BCUT2D eigenvalue weighted by Gasteiger charge is 2.58. The average Bonchev–Trinajstić information content (AvgIpc) is 3.23. The predicted molar refractivity (Wildman–Crippen MR) is 119 cm³/mol. The topological polar surface area (TPSA) is 108 Å². The highest BCUT2D eigenvalue weighted by atomic mass is 35.5. The standard InChI is InChI=1S/C19H16ClFN8O2.C2H6/c1-27-7-23-18-16(27)19(30)29(8-24-18)6-14-25-17(26-31-14)15-9-4-28(5-10(9)15)13-2-11(20)12(21)3-22-13;1-2/h2-3,7-10,15H,4-6H2,1H3;1-2H3. The van der Waals surface area contributed by atoms with Crippen LogP contribution in [0.1, 0.15) is 31.5 Å². The molecule has 12 heteroatoms. The van der Waals surface area contributed by atoms with Gasteiger partial charge in [0.15, 0.2) is 22.8 Å². The van der Waals surface area contributed by atoms with E-state index in [9.17, 15) is 9.18 Å². The van der Waals surface area contributed by atoms with E-state index in [1.165, 1.54) is 10.9 Å². The van der Waals surface area contributed by atoms with Crippen molar-refractivity contribution in [2.24, 2.45) is 18.9 Å². The van der Waals surface area contributed by atoms with E-state index >= 15 is 0 Å². The van der Waals surface area contributed by atoms with Crippen molar-refractivity contribution in [3.63, 3.8) is 0 Å². The number of rotatable bonds is 4. The van der Waals surface area contributed by atoms with Crippen LogP contribution >= 0.6 is 11.6 Å². The lowest BCUT2D eigenvalue weighted by Crippen LogP contribution is -2.24. The molecule has 6 rings (SSSR count). The van der Waals surface area contributed by atoms with E-state index in [2.05, 4.69) is 30.0 Å². The van der Waals surface area contributed by atoms with Gasteiger partial charge in [-0.05, 0) is 11.8 Å². The van der Waals surface area contributed by atoms with Gasteiger partial charge in [-0.3, -0.25) is 9.36 Å². The number of pyridine rings is 1. The maximum Gasteiger partial charge on any atom is 0.280 e. The monoisotopic (exact) mass is 472 g/mol. The number of fused-ring (bicyclic) bond motifs is 2. The summed E-state index contributed by atoms with van der Waals surface area (Å²) >= 11 is 5.87. The van der Waals surface area contributed by atoms with Crippen LogP contribution in [0, 0.1) is 17.7 Å². The SMILES string of the molecule is CC.Cn1cnc2ncn(Cc3nc(C4C5CN(c6cc(Cl)c(F)cn6)CC54)no3)c(=O)c21. The lowest BCUT2D eigenvalue weighted by atomic mass is 10.2. The first kappa shape index (κ1) is 21.5. The van der Waals surface area contributed by atoms with E-state index < -0.39 is 5.82 Å². The Labute approximate surface area is 193 Å². The van der Waals surface area contributed by atoms with Gasteiger partial charge in [0, 0.05) is 32.1 Å². The number of halogens is 2. The summed E-state index contributed by atoms with van der Waals surface area (Å²) in [7, 11) is 1.75. The first-order valence-corrected chi connectivity index (χ1v) is 11.1. The summed E-state index contributed by atoms with van der Waals surface area (Å²) in [5.74, 6) is 2.12. The first-order chi connectivity index (χ1) is 16.0. The van der Waals surface area contributed by atoms with Crippen LogP contribution < -0.4 is 10.5 Å². The Hall–Kier alpha value is -3.34. The molecule has 0 N–H and O–H groups in total. The molecule has 10 nitrogen and oxygen atoms in total. The summed E-state index contributed by atoms with van der Waals surface area (Å²) in [5.41, 5.74) is 0.616. The third kappa shape index (κ3) is 3.65. The van der Waals surface area contributed by atoms with Crippen LogP contribution in [-0.2, 0) is 13.6 Å².